The minimum Gasteiger partial charge on any atom is -0.494 e. The summed E-state index contributed by atoms with van der Waals surface area (Å²) in [5.74, 6) is -0.604. The van der Waals surface area contributed by atoms with Gasteiger partial charge in [0.2, 0.25) is 0 Å². The van der Waals surface area contributed by atoms with Crippen LogP contribution >= 0.6 is 43.2 Å². The molecule has 94 valence electrons. The number of hydrogen-bond donors (Lipinski definition) is 0. The van der Waals surface area contributed by atoms with Crippen LogP contribution in [-0.4, -0.2) is 12.9 Å². The fourth-order valence-corrected chi connectivity index (χ4v) is 4.25. The van der Waals surface area contributed by atoms with E-state index >= 15 is 0 Å². The van der Waals surface area contributed by atoms with Crippen LogP contribution in [0.5, 0.6) is 5.75 Å². The van der Waals surface area contributed by atoms with Crippen molar-refractivity contribution in [1.82, 2.24) is 0 Å². The van der Waals surface area contributed by atoms with Crippen molar-refractivity contribution in [2.24, 2.45) is 0 Å². The average Bonchev–Trinajstić information content (AvgIpc) is 2.68. The van der Waals surface area contributed by atoms with Gasteiger partial charge in [-0.1, -0.05) is 0 Å². The molecule has 0 aliphatic rings. The van der Waals surface area contributed by atoms with Crippen molar-refractivity contribution in [3.8, 4) is 5.75 Å². The predicted molar refractivity (Wildman–Crippen MR) is 76.1 cm³/mol. The highest BCUT2D eigenvalue weighted by atomic mass is 79.9. The molecule has 0 unspecified atom stereocenters. The van der Waals surface area contributed by atoms with Crippen molar-refractivity contribution >= 4 is 49.0 Å². The molecule has 0 fully saturated rings. The highest BCUT2D eigenvalue weighted by Gasteiger charge is 2.17. The Kier molecular flexibility index (Phi) is 4.19. The first-order valence-corrected chi connectivity index (χ1v) is 7.26. The van der Waals surface area contributed by atoms with Crippen molar-refractivity contribution in [3.63, 3.8) is 0 Å². The summed E-state index contributed by atoms with van der Waals surface area (Å²) in [7, 11) is 1.36. The summed E-state index contributed by atoms with van der Waals surface area (Å²) >= 11 is 8.06. The smallest absolute Gasteiger partial charge is 0.195 e. The molecule has 0 amide bonds. The van der Waals surface area contributed by atoms with Gasteiger partial charge in [-0.2, -0.15) is 0 Å². The standard InChI is InChI=1S/C12H7Br2FO2S/c1-17-9-4-6(2-3-8(9)15)11(16)7-5-10(13)18-12(7)14/h2-5H,1H3. The van der Waals surface area contributed by atoms with E-state index in [4.69, 9.17) is 4.74 Å². The molecule has 1 aromatic carbocycles. The summed E-state index contributed by atoms with van der Waals surface area (Å²) in [5, 5.41) is 0. The van der Waals surface area contributed by atoms with Crippen LogP contribution in [0.25, 0.3) is 0 Å². The zero-order valence-corrected chi connectivity index (χ0v) is 13.2. The monoisotopic (exact) mass is 392 g/mol. The summed E-state index contributed by atoms with van der Waals surface area (Å²) < 4.78 is 19.7. The van der Waals surface area contributed by atoms with E-state index in [1.165, 1.54) is 36.6 Å². The molecule has 18 heavy (non-hydrogen) atoms. The molecule has 1 aromatic heterocycles. The number of hydrogen-bond acceptors (Lipinski definition) is 3. The maximum atomic E-state index is 13.3. The number of methoxy groups -OCH3 is 1. The Hall–Kier alpha value is -0.720. The van der Waals surface area contributed by atoms with Crippen molar-refractivity contribution in [2.75, 3.05) is 7.11 Å². The third-order valence-corrected chi connectivity index (χ3v) is 4.65. The van der Waals surface area contributed by atoms with Gasteiger partial charge in [-0.05, 0) is 56.1 Å². The Morgan fingerprint density at radius 3 is 2.61 bits per heavy atom. The van der Waals surface area contributed by atoms with Gasteiger partial charge in [-0.3, -0.25) is 4.79 Å². The second kappa shape index (κ2) is 5.50. The highest BCUT2D eigenvalue weighted by molar-refractivity contribution is 9.12. The number of carbonyl (C=O) groups is 1. The van der Waals surface area contributed by atoms with E-state index in [0.29, 0.717) is 11.1 Å². The maximum absolute atomic E-state index is 13.3. The lowest BCUT2D eigenvalue weighted by molar-refractivity contribution is 0.103. The quantitative estimate of drug-likeness (QED) is 0.709. The lowest BCUT2D eigenvalue weighted by atomic mass is 10.1. The fourth-order valence-electron chi connectivity index (χ4n) is 1.45. The molecular weight excluding hydrogens is 387 g/mol. The van der Waals surface area contributed by atoms with Crippen LogP contribution in [0.4, 0.5) is 4.39 Å². The highest BCUT2D eigenvalue weighted by Crippen LogP contribution is 2.33. The van der Waals surface area contributed by atoms with E-state index in [9.17, 15) is 9.18 Å². The fraction of sp³-hybridized carbons (Fsp3) is 0.0833. The van der Waals surface area contributed by atoms with Gasteiger partial charge >= 0.3 is 0 Å². The van der Waals surface area contributed by atoms with Gasteiger partial charge in [0.05, 0.1) is 14.7 Å². The molecule has 0 N–H and O–H groups in total. The van der Waals surface area contributed by atoms with E-state index in [-0.39, 0.29) is 11.5 Å². The topological polar surface area (TPSA) is 26.3 Å². The molecule has 0 spiro atoms. The van der Waals surface area contributed by atoms with Crippen LogP contribution in [0.3, 0.4) is 0 Å². The molecule has 2 aromatic rings. The number of halogens is 3. The lowest BCUT2D eigenvalue weighted by Crippen LogP contribution is -2.01. The Balaban J connectivity index is 2.43. The first kappa shape index (κ1) is 13.7. The molecular formula is C12H7Br2FO2S. The van der Waals surface area contributed by atoms with Crippen LogP contribution < -0.4 is 4.74 Å². The minimum absolute atomic E-state index is 0.0614. The zero-order valence-electron chi connectivity index (χ0n) is 9.17. The Morgan fingerprint density at radius 2 is 2.06 bits per heavy atom. The van der Waals surface area contributed by atoms with Gasteiger partial charge in [0, 0.05) is 11.1 Å². The largest absolute Gasteiger partial charge is 0.494 e. The van der Waals surface area contributed by atoms with Gasteiger partial charge < -0.3 is 4.74 Å². The molecule has 0 radical (unpaired) electrons. The number of thiophene rings is 1. The summed E-state index contributed by atoms with van der Waals surface area (Å²) in [6, 6.07) is 5.79. The average molecular weight is 394 g/mol. The van der Waals surface area contributed by atoms with Gasteiger partial charge in [0.15, 0.2) is 17.3 Å². The predicted octanol–water partition coefficient (Wildman–Crippen LogP) is 4.65. The zero-order chi connectivity index (χ0) is 13.3. The van der Waals surface area contributed by atoms with E-state index < -0.39 is 5.82 Å². The van der Waals surface area contributed by atoms with Crippen molar-refractivity contribution in [3.05, 3.63) is 48.8 Å². The number of ether oxygens (including phenoxy) is 1. The Bertz CT molecular complexity index is 610. The van der Waals surface area contributed by atoms with Crippen LogP contribution in [0.1, 0.15) is 15.9 Å². The first-order chi connectivity index (χ1) is 8.52. The van der Waals surface area contributed by atoms with Gasteiger partial charge in [-0.25, -0.2) is 4.39 Å². The number of ketones is 1. The van der Waals surface area contributed by atoms with E-state index in [0.717, 1.165) is 7.57 Å². The Labute approximate surface area is 124 Å². The van der Waals surface area contributed by atoms with Gasteiger partial charge in [-0.15, -0.1) is 11.3 Å². The van der Waals surface area contributed by atoms with Crippen LogP contribution in [-0.2, 0) is 0 Å². The maximum Gasteiger partial charge on any atom is 0.195 e. The SMILES string of the molecule is COc1cc(C(=O)c2cc(Br)sc2Br)ccc1F. The van der Waals surface area contributed by atoms with Crippen molar-refractivity contribution < 1.29 is 13.9 Å². The van der Waals surface area contributed by atoms with Gasteiger partial charge in [0.1, 0.15) is 0 Å². The van der Waals surface area contributed by atoms with E-state index in [2.05, 4.69) is 31.9 Å². The molecule has 0 aliphatic carbocycles. The van der Waals surface area contributed by atoms with E-state index in [1.807, 2.05) is 0 Å². The van der Waals surface area contributed by atoms with Crippen LogP contribution in [0.2, 0.25) is 0 Å². The molecule has 2 rings (SSSR count). The third kappa shape index (κ3) is 2.65. The lowest BCUT2D eigenvalue weighted by Gasteiger charge is -2.04. The van der Waals surface area contributed by atoms with Crippen LogP contribution in [0, 0.1) is 5.82 Å². The molecule has 0 aliphatic heterocycles. The first-order valence-electron chi connectivity index (χ1n) is 4.86. The molecule has 2 nitrogen and oxygen atoms in total. The van der Waals surface area contributed by atoms with Crippen molar-refractivity contribution in [1.29, 1.82) is 0 Å². The Morgan fingerprint density at radius 1 is 1.33 bits per heavy atom. The molecule has 0 saturated heterocycles. The third-order valence-electron chi connectivity index (χ3n) is 2.31. The molecule has 1 heterocycles. The van der Waals surface area contributed by atoms with Gasteiger partial charge in [0.25, 0.3) is 0 Å². The number of carbonyl (C=O) groups excluding carboxylic acids is 1. The summed E-state index contributed by atoms with van der Waals surface area (Å²) in [6.07, 6.45) is 0. The van der Waals surface area contributed by atoms with Crippen molar-refractivity contribution in [2.45, 2.75) is 0 Å². The molecule has 0 saturated carbocycles. The second-order valence-electron chi connectivity index (χ2n) is 3.42. The van der Waals surface area contributed by atoms with Crippen LogP contribution in [0.15, 0.2) is 31.8 Å². The summed E-state index contributed by atoms with van der Waals surface area (Å²) in [6.45, 7) is 0. The summed E-state index contributed by atoms with van der Waals surface area (Å²) in [4.78, 5) is 12.2. The minimum atomic E-state index is -0.486. The number of rotatable bonds is 3. The molecule has 6 heteroatoms. The van der Waals surface area contributed by atoms with E-state index in [1.54, 1.807) is 6.07 Å². The number of benzene rings is 1. The molecule has 0 atom stereocenters. The molecule has 0 bridgehead atoms. The summed E-state index contributed by atoms with van der Waals surface area (Å²) in [5.41, 5.74) is 0.930. The second-order valence-corrected chi connectivity index (χ2v) is 7.17. The normalized spacial score (nSPS) is 10.4.